The highest BCUT2D eigenvalue weighted by Gasteiger charge is 2.38. The third-order valence-electron chi connectivity index (χ3n) is 6.03. The second-order valence-corrected chi connectivity index (χ2v) is 8.52. The first-order valence-corrected chi connectivity index (χ1v) is 11.5. The number of halogens is 6. The van der Waals surface area contributed by atoms with Gasteiger partial charge in [-0.25, -0.2) is 4.79 Å². The molecule has 0 aromatic heterocycles. The van der Waals surface area contributed by atoms with E-state index in [2.05, 4.69) is 0 Å². The molecule has 0 spiro atoms. The molecule has 1 aliphatic rings. The van der Waals surface area contributed by atoms with Gasteiger partial charge in [-0.15, -0.1) is 0 Å². The molecule has 11 heteroatoms. The van der Waals surface area contributed by atoms with Gasteiger partial charge in [0, 0.05) is 6.54 Å². The molecule has 2 atom stereocenters. The number of carbonyl (C=O) groups excluding carboxylic acids is 1. The van der Waals surface area contributed by atoms with E-state index in [9.17, 15) is 31.1 Å². The summed E-state index contributed by atoms with van der Waals surface area (Å²) in [7, 11) is 1.25. The van der Waals surface area contributed by atoms with E-state index in [1.54, 1.807) is 54.6 Å². The molecule has 0 radical (unpaired) electrons. The summed E-state index contributed by atoms with van der Waals surface area (Å²) in [6.07, 6.45) is -11.0. The number of ether oxygens (including phenoxy) is 3. The standard InChI is InChI=1S/C27H23F6NO4/c1-36-24(35)21-9-5-6-10-22(21)34-11-12-37-25(23(34)18-7-3-2-4-8-18)38-16-17-13-19(26(28,29)30)15-20(14-17)27(31,32)33/h2-10,13-15,23,25H,11-12,16H2,1H3/t23-,25-/m1/s1. The van der Waals surface area contributed by atoms with Crippen molar-refractivity contribution < 1.29 is 45.3 Å². The first-order valence-electron chi connectivity index (χ1n) is 11.5. The zero-order valence-corrected chi connectivity index (χ0v) is 20.1. The number of nitrogens with zero attached hydrogens (tertiary/aromatic N) is 1. The van der Waals surface area contributed by atoms with Gasteiger partial charge in [0.25, 0.3) is 0 Å². The van der Waals surface area contributed by atoms with Crippen molar-refractivity contribution in [1.29, 1.82) is 0 Å². The largest absolute Gasteiger partial charge is 0.465 e. The van der Waals surface area contributed by atoms with Crippen LogP contribution in [0.25, 0.3) is 0 Å². The molecule has 0 amide bonds. The minimum absolute atomic E-state index is 0.0683. The Morgan fingerprint density at radius 3 is 2.13 bits per heavy atom. The topological polar surface area (TPSA) is 48.0 Å². The Morgan fingerprint density at radius 2 is 1.53 bits per heavy atom. The summed E-state index contributed by atoms with van der Waals surface area (Å²) in [4.78, 5) is 14.3. The molecule has 3 aromatic rings. The summed E-state index contributed by atoms with van der Waals surface area (Å²) in [5.41, 5.74) is -1.66. The van der Waals surface area contributed by atoms with Crippen LogP contribution in [0.2, 0.25) is 0 Å². The number of carbonyl (C=O) groups is 1. The van der Waals surface area contributed by atoms with Crippen LogP contribution in [0.1, 0.15) is 38.7 Å². The first-order chi connectivity index (χ1) is 18.0. The fourth-order valence-corrected chi connectivity index (χ4v) is 4.33. The highest BCUT2D eigenvalue weighted by atomic mass is 19.4. The van der Waals surface area contributed by atoms with E-state index in [1.807, 2.05) is 4.90 Å². The van der Waals surface area contributed by atoms with Gasteiger partial charge < -0.3 is 19.1 Å². The second-order valence-electron chi connectivity index (χ2n) is 8.52. The zero-order chi connectivity index (χ0) is 27.5. The van der Waals surface area contributed by atoms with Crippen molar-refractivity contribution in [2.45, 2.75) is 31.3 Å². The summed E-state index contributed by atoms with van der Waals surface area (Å²) >= 11 is 0. The first kappa shape index (κ1) is 27.5. The number of morpholine rings is 1. The molecule has 0 unspecified atom stereocenters. The van der Waals surface area contributed by atoms with Crippen LogP contribution in [0.5, 0.6) is 0 Å². The molecule has 4 rings (SSSR count). The Morgan fingerprint density at radius 1 is 0.921 bits per heavy atom. The number of hydrogen-bond acceptors (Lipinski definition) is 5. The van der Waals surface area contributed by atoms with Crippen LogP contribution in [0.4, 0.5) is 32.0 Å². The van der Waals surface area contributed by atoms with Gasteiger partial charge in [-0.3, -0.25) is 0 Å². The van der Waals surface area contributed by atoms with Gasteiger partial charge in [-0.1, -0.05) is 42.5 Å². The molecule has 0 N–H and O–H groups in total. The molecule has 0 saturated carbocycles. The monoisotopic (exact) mass is 539 g/mol. The molecule has 1 fully saturated rings. The molecular weight excluding hydrogens is 516 g/mol. The molecule has 0 bridgehead atoms. The average Bonchev–Trinajstić information content (AvgIpc) is 2.90. The fourth-order valence-electron chi connectivity index (χ4n) is 4.33. The van der Waals surface area contributed by atoms with E-state index in [4.69, 9.17) is 14.2 Å². The summed E-state index contributed by atoms with van der Waals surface area (Å²) in [6.45, 7) is -0.122. The van der Waals surface area contributed by atoms with E-state index < -0.39 is 48.4 Å². The highest BCUT2D eigenvalue weighted by molar-refractivity contribution is 5.96. The molecule has 0 aliphatic carbocycles. The van der Waals surface area contributed by atoms with Crippen molar-refractivity contribution in [3.8, 4) is 0 Å². The number of benzene rings is 3. The van der Waals surface area contributed by atoms with Gasteiger partial charge in [0.2, 0.25) is 0 Å². The van der Waals surface area contributed by atoms with Crippen molar-refractivity contribution in [2.75, 3.05) is 25.2 Å². The fraction of sp³-hybridized carbons (Fsp3) is 0.296. The Labute approximate surface area is 214 Å². The Bertz CT molecular complexity index is 1230. The average molecular weight is 539 g/mol. The smallest absolute Gasteiger partial charge is 0.416 e. The third-order valence-corrected chi connectivity index (χ3v) is 6.03. The van der Waals surface area contributed by atoms with E-state index >= 15 is 0 Å². The quantitative estimate of drug-likeness (QED) is 0.260. The maximum atomic E-state index is 13.3. The van der Waals surface area contributed by atoms with Gasteiger partial charge in [0.1, 0.15) is 6.04 Å². The maximum Gasteiger partial charge on any atom is 0.416 e. The summed E-state index contributed by atoms with van der Waals surface area (Å²) in [6, 6.07) is 16.3. The van der Waals surface area contributed by atoms with Crippen molar-refractivity contribution in [1.82, 2.24) is 0 Å². The third kappa shape index (κ3) is 6.11. The lowest BCUT2D eigenvalue weighted by Gasteiger charge is -2.43. The summed E-state index contributed by atoms with van der Waals surface area (Å²) in [5.74, 6) is -0.569. The number of methoxy groups -OCH3 is 1. The molecule has 1 aliphatic heterocycles. The van der Waals surface area contributed by atoms with Crippen LogP contribution in [0.15, 0.2) is 72.8 Å². The molecule has 1 heterocycles. The molecule has 202 valence electrons. The van der Waals surface area contributed by atoms with E-state index in [-0.39, 0.29) is 23.8 Å². The number of rotatable bonds is 6. The summed E-state index contributed by atoms with van der Waals surface area (Å²) in [5, 5.41) is 0. The van der Waals surface area contributed by atoms with E-state index in [1.165, 1.54) is 7.11 Å². The number of esters is 1. The number of para-hydroxylation sites is 1. The number of hydrogen-bond donors (Lipinski definition) is 0. The van der Waals surface area contributed by atoms with Gasteiger partial charge in [0.05, 0.1) is 42.7 Å². The van der Waals surface area contributed by atoms with Crippen LogP contribution in [0.3, 0.4) is 0 Å². The van der Waals surface area contributed by atoms with Crippen LogP contribution < -0.4 is 4.90 Å². The zero-order valence-electron chi connectivity index (χ0n) is 20.1. The van der Waals surface area contributed by atoms with Crippen molar-refractivity contribution >= 4 is 11.7 Å². The Kier molecular flexibility index (Phi) is 7.98. The second kappa shape index (κ2) is 11.0. The van der Waals surface area contributed by atoms with Gasteiger partial charge in [0.15, 0.2) is 6.29 Å². The normalized spacial score (nSPS) is 18.3. The minimum atomic E-state index is -4.97. The highest BCUT2D eigenvalue weighted by Crippen LogP contribution is 2.39. The van der Waals surface area contributed by atoms with Gasteiger partial charge >= 0.3 is 18.3 Å². The van der Waals surface area contributed by atoms with Crippen molar-refractivity contribution in [3.63, 3.8) is 0 Å². The molecule has 1 saturated heterocycles. The number of alkyl halides is 6. The lowest BCUT2D eigenvalue weighted by molar-refractivity contribution is -0.175. The minimum Gasteiger partial charge on any atom is -0.465 e. The van der Waals surface area contributed by atoms with Crippen LogP contribution in [-0.4, -0.2) is 32.5 Å². The van der Waals surface area contributed by atoms with E-state index in [0.717, 1.165) is 0 Å². The lowest BCUT2D eigenvalue weighted by Crippen LogP contribution is -2.47. The summed E-state index contributed by atoms with van der Waals surface area (Å²) < 4.78 is 96.4. The maximum absolute atomic E-state index is 13.3. The lowest BCUT2D eigenvalue weighted by atomic mass is 10.0. The van der Waals surface area contributed by atoms with Crippen LogP contribution in [0, 0.1) is 0 Å². The number of anilines is 1. The Hall–Kier alpha value is -3.57. The molecular formula is C27H23F6NO4. The van der Waals surface area contributed by atoms with Crippen LogP contribution >= 0.6 is 0 Å². The predicted molar refractivity (Wildman–Crippen MR) is 125 cm³/mol. The Balaban J connectivity index is 1.69. The van der Waals surface area contributed by atoms with Crippen molar-refractivity contribution in [3.05, 3.63) is 101 Å². The SMILES string of the molecule is COC(=O)c1ccccc1N1CCO[C@H](OCc2cc(C(F)(F)F)cc(C(F)(F)F)c2)[C@H]1c1ccccc1. The predicted octanol–water partition coefficient (Wildman–Crippen LogP) is 6.63. The van der Waals surface area contributed by atoms with Gasteiger partial charge in [-0.2, -0.15) is 26.3 Å². The van der Waals surface area contributed by atoms with Gasteiger partial charge in [-0.05, 0) is 41.5 Å². The van der Waals surface area contributed by atoms with E-state index in [0.29, 0.717) is 29.9 Å². The molecule has 38 heavy (non-hydrogen) atoms. The van der Waals surface area contributed by atoms with Crippen molar-refractivity contribution in [2.24, 2.45) is 0 Å². The molecule has 3 aromatic carbocycles. The van der Waals surface area contributed by atoms with Crippen LogP contribution in [-0.2, 0) is 33.2 Å². The molecule has 5 nitrogen and oxygen atoms in total.